The molecule has 22 heavy (non-hydrogen) atoms. The zero-order valence-corrected chi connectivity index (χ0v) is 13.8. The molecule has 3 atom stereocenters. The topological polar surface area (TPSA) is 55.4 Å². The lowest BCUT2D eigenvalue weighted by Gasteiger charge is -2.22. The number of aryl methyl sites for hydroxylation is 2. The highest BCUT2D eigenvalue weighted by Crippen LogP contribution is 2.42. The van der Waals surface area contributed by atoms with Crippen molar-refractivity contribution < 1.29 is 14.3 Å². The molecule has 3 unspecified atom stereocenters. The van der Waals surface area contributed by atoms with E-state index in [0.717, 1.165) is 23.1 Å². The molecule has 118 valence electrons. The minimum absolute atomic E-state index is 0.0226. The van der Waals surface area contributed by atoms with Crippen molar-refractivity contribution in [1.82, 2.24) is 5.32 Å². The van der Waals surface area contributed by atoms with Crippen molar-refractivity contribution in [3.8, 4) is 0 Å². The van der Waals surface area contributed by atoms with Crippen molar-refractivity contribution in [2.45, 2.75) is 50.7 Å². The Morgan fingerprint density at radius 2 is 1.91 bits per heavy atom. The monoisotopic (exact) mass is 321 g/mol. The molecule has 2 aliphatic rings. The van der Waals surface area contributed by atoms with Crippen LogP contribution in [0.4, 0.5) is 0 Å². The summed E-state index contributed by atoms with van der Waals surface area (Å²) in [5, 5.41) is 3.58. The second kappa shape index (κ2) is 5.36. The van der Waals surface area contributed by atoms with E-state index in [4.69, 9.17) is 16.3 Å². The summed E-state index contributed by atoms with van der Waals surface area (Å²) >= 11 is 6.06. The van der Waals surface area contributed by atoms with Gasteiger partial charge in [0.15, 0.2) is 5.78 Å². The summed E-state index contributed by atoms with van der Waals surface area (Å²) in [6.07, 6.45) is 2.05. The standard InChI is InChI=1S/C17H20ClNO3/c1-9-6-11(18)7-10(2)13(9)14-15(20)17(19-16(14)21)5-4-12(8-17)22-3/h6-7,12,14H,4-5,8H2,1-3H3,(H,19,21). The number of ketones is 1. The van der Waals surface area contributed by atoms with Gasteiger partial charge in [-0.05, 0) is 55.5 Å². The molecule has 0 radical (unpaired) electrons. The van der Waals surface area contributed by atoms with Crippen LogP contribution in [-0.4, -0.2) is 30.4 Å². The van der Waals surface area contributed by atoms with Gasteiger partial charge >= 0.3 is 0 Å². The van der Waals surface area contributed by atoms with Gasteiger partial charge in [-0.25, -0.2) is 0 Å². The summed E-state index contributed by atoms with van der Waals surface area (Å²) < 4.78 is 5.36. The zero-order chi connectivity index (χ0) is 16.1. The maximum atomic E-state index is 13.0. The lowest BCUT2D eigenvalue weighted by atomic mass is 9.82. The van der Waals surface area contributed by atoms with Crippen molar-refractivity contribution >= 4 is 23.3 Å². The lowest BCUT2D eigenvalue weighted by Crippen LogP contribution is -2.44. The number of nitrogens with one attached hydrogen (secondary N) is 1. The number of carbonyl (C=O) groups excluding carboxylic acids is 2. The first-order chi connectivity index (χ1) is 10.4. The van der Waals surface area contributed by atoms with E-state index in [1.165, 1.54) is 0 Å². The Kier molecular flexibility index (Phi) is 3.77. The van der Waals surface area contributed by atoms with E-state index in [0.29, 0.717) is 17.9 Å². The van der Waals surface area contributed by atoms with Crippen LogP contribution in [0.3, 0.4) is 0 Å². The first-order valence-corrected chi connectivity index (χ1v) is 7.91. The maximum Gasteiger partial charge on any atom is 0.235 e. The predicted molar refractivity (Wildman–Crippen MR) is 84.2 cm³/mol. The predicted octanol–water partition coefficient (Wildman–Crippen LogP) is 2.68. The molecular formula is C17H20ClNO3. The maximum absolute atomic E-state index is 13.0. The van der Waals surface area contributed by atoms with Crippen LogP contribution in [0.2, 0.25) is 5.02 Å². The molecule has 0 bridgehead atoms. The normalized spacial score (nSPS) is 31.1. The van der Waals surface area contributed by atoms with Gasteiger partial charge in [-0.15, -0.1) is 0 Å². The molecule has 2 fully saturated rings. The van der Waals surface area contributed by atoms with Crippen molar-refractivity contribution in [2.75, 3.05) is 7.11 Å². The number of carbonyl (C=O) groups is 2. The number of benzene rings is 1. The number of ether oxygens (including phenoxy) is 1. The summed E-state index contributed by atoms with van der Waals surface area (Å²) in [6, 6.07) is 3.62. The summed E-state index contributed by atoms with van der Waals surface area (Å²) in [4.78, 5) is 25.5. The third-order valence-electron chi connectivity index (χ3n) is 5.01. The third-order valence-corrected chi connectivity index (χ3v) is 5.23. The molecule has 1 spiro atoms. The molecule has 1 amide bonds. The number of hydrogen-bond acceptors (Lipinski definition) is 3. The summed E-state index contributed by atoms with van der Waals surface area (Å²) in [5.74, 6) is -0.950. The van der Waals surface area contributed by atoms with Crippen LogP contribution >= 0.6 is 11.6 Å². The zero-order valence-electron chi connectivity index (χ0n) is 13.0. The highest BCUT2D eigenvalue weighted by Gasteiger charge is 2.56. The Morgan fingerprint density at radius 1 is 1.27 bits per heavy atom. The van der Waals surface area contributed by atoms with Crippen LogP contribution in [-0.2, 0) is 14.3 Å². The van der Waals surface area contributed by atoms with E-state index in [2.05, 4.69) is 5.32 Å². The molecule has 3 rings (SSSR count). The van der Waals surface area contributed by atoms with Gasteiger partial charge < -0.3 is 10.1 Å². The average molecular weight is 322 g/mol. The first kappa shape index (κ1) is 15.5. The highest BCUT2D eigenvalue weighted by atomic mass is 35.5. The van der Waals surface area contributed by atoms with Crippen molar-refractivity contribution in [3.05, 3.63) is 33.8 Å². The van der Waals surface area contributed by atoms with Crippen molar-refractivity contribution in [3.63, 3.8) is 0 Å². The highest BCUT2D eigenvalue weighted by molar-refractivity contribution is 6.30. The Morgan fingerprint density at radius 3 is 2.45 bits per heavy atom. The Hall–Kier alpha value is -1.39. The molecule has 4 nitrogen and oxygen atoms in total. The van der Waals surface area contributed by atoms with E-state index in [-0.39, 0.29) is 17.8 Å². The molecule has 1 heterocycles. The number of amides is 1. The molecule has 1 aromatic rings. The molecular weight excluding hydrogens is 302 g/mol. The number of Topliss-reactive ketones (excluding diaryl/α,β-unsaturated/α-hetero) is 1. The van der Waals surface area contributed by atoms with Gasteiger partial charge in [-0.2, -0.15) is 0 Å². The van der Waals surface area contributed by atoms with Crippen molar-refractivity contribution in [1.29, 1.82) is 0 Å². The van der Waals surface area contributed by atoms with Crippen molar-refractivity contribution in [2.24, 2.45) is 0 Å². The van der Waals surface area contributed by atoms with Gasteiger partial charge in [0, 0.05) is 18.6 Å². The Labute approximate surface area is 135 Å². The molecule has 1 aliphatic heterocycles. The fourth-order valence-electron chi connectivity index (χ4n) is 3.94. The molecule has 5 heteroatoms. The fraction of sp³-hybridized carbons (Fsp3) is 0.529. The van der Waals surface area contributed by atoms with Crippen LogP contribution < -0.4 is 5.32 Å². The van der Waals surface area contributed by atoms with Gasteiger partial charge in [0.2, 0.25) is 5.91 Å². The van der Waals surface area contributed by atoms with Crippen LogP contribution in [0.1, 0.15) is 41.9 Å². The Balaban J connectivity index is 2.00. The molecule has 1 saturated carbocycles. The van der Waals surface area contributed by atoms with E-state index >= 15 is 0 Å². The quantitative estimate of drug-likeness (QED) is 0.852. The van der Waals surface area contributed by atoms with E-state index in [1.54, 1.807) is 7.11 Å². The van der Waals surface area contributed by atoms with Crippen LogP contribution in [0.15, 0.2) is 12.1 Å². The molecule has 1 N–H and O–H groups in total. The van der Waals surface area contributed by atoms with Gasteiger partial charge in [0.25, 0.3) is 0 Å². The van der Waals surface area contributed by atoms with Gasteiger partial charge in [0.05, 0.1) is 6.10 Å². The lowest BCUT2D eigenvalue weighted by molar-refractivity contribution is -0.125. The van der Waals surface area contributed by atoms with Gasteiger partial charge in [0.1, 0.15) is 11.5 Å². The van der Waals surface area contributed by atoms with Gasteiger partial charge in [-0.3, -0.25) is 9.59 Å². The second-order valence-corrected chi connectivity index (χ2v) is 6.86. The number of halogens is 1. The third kappa shape index (κ3) is 2.25. The summed E-state index contributed by atoms with van der Waals surface area (Å²) in [6.45, 7) is 3.79. The Bertz CT molecular complexity index is 634. The number of rotatable bonds is 2. The van der Waals surface area contributed by atoms with E-state index in [9.17, 15) is 9.59 Å². The largest absolute Gasteiger partial charge is 0.381 e. The van der Waals surface area contributed by atoms with Crippen LogP contribution in [0.25, 0.3) is 0 Å². The van der Waals surface area contributed by atoms with E-state index in [1.807, 2.05) is 26.0 Å². The van der Waals surface area contributed by atoms with Crippen LogP contribution in [0, 0.1) is 13.8 Å². The number of hydrogen-bond donors (Lipinski definition) is 1. The average Bonchev–Trinajstić information content (AvgIpc) is 2.95. The smallest absolute Gasteiger partial charge is 0.235 e. The SMILES string of the molecule is COC1CCC2(C1)NC(=O)C(c1c(C)cc(Cl)cc1C)C2=O. The first-order valence-electron chi connectivity index (χ1n) is 7.54. The minimum atomic E-state index is -0.749. The second-order valence-electron chi connectivity index (χ2n) is 6.42. The molecule has 1 aliphatic carbocycles. The minimum Gasteiger partial charge on any atom is -0.381 e. The summed E-state index contributed by atoms with van der Waals surface area (Å²) in [5.41, 5.74) is 1.82. The molecule has 1 aromatic carbocycles. The fourth-order valence-corrected chi connectivity index (χ4v) is 4.27. The molecule has 1 saturated heterocycles. The summed E-state index contributed by atoms with van der Waals surface area (Å²) in [7, 11) is 1.65. The van der Waals surface area contributed by atoms with Gasteiger partial charge in [-0.1, -0.05) is 11.6 Å². The molecule has 0 aromatic heterocycles. The van der Waals surface area contributed by atoms with E-state index < -0.39 is 11.5 Å². The van der Waals surface area contributed by atoms with Crippen LogP contribution in [0.5, 0.6) is 0 Å². The number of methoxy groups -OCH3 is 1.